The molecular weight excluding hydrogens is 474 g/mol. The van der Waals surface area contributed by atoms with Crippen LogP contribution < -0.4 is 24.8 Å². The largest absolute Gasteiger partial charge is 0.493 e. The Bertz CT molecular complexity index is 1120. The van der Waals surface area contributed by atoms with E-state index in [1.165, 1.54) is 7.11 Å². The molecule has 2 N–H and O–H groups in total. The van der Waals surface area contributed by atoms with Crippen LogP contribution in [-0.2, 0) is 27.3 Å². The summed E-state index contributed by atoms with van der Waals surface area (Å²) in [6, 6.07) is 12.6. The summed E-state index contributed by atoms with van der Waals surface area (Å²) < 4.78 is 17.5. The first-order chi connectivity index (χ1) is 17.8. The van der Waals surface area contributed by atoms with Crippen LogP contribution in [0.1, 0.15) is 37.8 Å². The monoisotopic (exact) mass is 509 g/mol. The maximum atomic E-state index is 12.9. The van der Waals surface area contributed by atoms with Crippen LogP contribution in [0.25, 0.3) is 0 Å². The first-order valence-corrected chi connectivity index (χ1v) is 12.7. The zero-order valence-electron chi connectivity index (χ0n) is 21.6. The fourth-order valence-electron chi connectivity index (χ4n) is 4.56. The van der Waals surface area contributed by atoms with Gasteiger partial charge in [0.25, 0.3) is 5.91 Å². The number of hydrogen-bond acceptors (Lipinski definition) is 6. The molecule has 1 saturated heterocycles. The highest BCUT2D eigenvalue weighted by molar-refractivity contribution is 5.80. The fourth-order valence-corrected chi connectivity index (χ4v) is 4.56. The number of likely N-dealkylation sites (tertiary alicyclic amines) is 1. The summed E-state index contributed by atoms with van der Waals surface area (Å²) in [7, 11) is 1.53. The highest BCUT2D eigenvalue weighted by Crippen LogP contribution is 2.29. The van der Waals surface area contributed by atoms with Crippen LogP contribution in [0.15, 0.2) is 42.5 Å². The SMILES string of the molecule is COc1cc2ccc1OCC(=O)N[C@@H]1CN(C(=O)C(C)C)CC[C@H]1Oc1ccc(cc1)CNC(=O)CC2. The molecule has 5 aliphatic heterocycles. The molecule has 2 aromatic rings. The van der Waals surface area contributed by atoms with E-state index in [9.17, 15) is 14.4 Å². The van der Waals surface area contributed by atoms with Crippen molar-refractivity contribution in [2.24, 2.45) is 5.92 Å². The third kappa shape index (κ3) is 6.93. The van der Waals surface area contributed by atoms with E-state index >= 15 is 0 Å². The summed E-state index contributed by atoms with van der Waals surface area (Å²) in [6.07, 6.45) is 1.15. The molecule has 5 heterocycles. The average Bonchev–Trinajstić information content (AvgIpc) is 2.90. The first-order valence-electron chi connectivity index (χ1n) is 12.7. The maximum absolute atomic E-state index is 12.9. The van der Waals surface area contributed by atoms with Gasteiger partial charge in [-0.2, -0.15) is 0 Å². The fraction of sp³-hybridized carbons (Fsp3) is 0.464. The Morgan fingerprint density at radius 3 is 2.54 bits per heavy atom. The van der Waals surface area contributed by atoms with Gasteiger partial charge < -0.3 is 29.7 Å². The lowest BCUT2D eigenvalue weighted by Gasteiger charge is -2.39. The molecule has 0 spiro atoms. The molecule has 0 unspecified atom stereocenters. The number of carbonyl (C=O) groups excluding carboxylic acids is 3. The summed E-state index contributed by atoms with van der Waals surface area (Å²) in [6.45, 7) is 4.85. The summed E-state index contributed by atoms with van der Waals surface area (Å²) in [4.78, 5) is 39.7. The third-order valence-electron chi connectivity index (χ3n) is 6.63. The lowest BCUT2D eigenvalue weighted by atomic mass is 10.00. The van der Waals surface area contributed by atoms with Crippen molar-refractivity contribution >= 4 is 17.7 Å². The number of piperidine rings is 1. The number of carbonyl (C=O) groups is 3. The number of rotatable bonds is 2. The van der Waals surface area contributed by atoms with Crippen molar-refractivity contribution < 1.29 is 28.6 Å². The number of methoxy groups -OCH3 is 1. The van der Waals surface area contributed by atoms with E-state index in [1.807, 2.05) is 50.2 Å². The normalized spacial score (nSPS) is 20.8. The highest BCUT2D eigenvalue weighted by atomic mass is 16.5. The minimum Gasteiger partial charge on any atom is -0.493 e. The number of aryl methyl sites for hydroxylation is 1. The molecule has 2 atom stereocenters. The minimum absolute atomic E-state index is 0.0451. The van der Waals surface area contributed by atoms with E-state index in [0.717, 1.165) is 11.1 Å². The van der Waals surface area contributed by atoms with E-state index in [4.69, 9.17) is 14.2 Å². The van der Waals surface area contributed by atoms with Crippen LogP contribution in [-0.4, -0.2) is 61.6 Å². The smallest absolute Gasteiger partial charge is 0.258 e. The second-order valence-electron chi connectivity index (χ2n) is 9.75. The first kappa shape index (κ1) is 26.3. The van der Waals surface area contributed by atoms with Gasteiger partial charge in [-0.05, 0) is 41.8 Å². The number of amides is 3. The van der Waals surface area contributed by atoms with Crippen LogP contribution in [0.4, 0.5) is 0 Å². The molecule has 4 bridgehead atoms. The quantitative estimate of drug-likeness (QED) is 0.644. The molecule has 37 heavy (non-hydrogen) atoms. The van der Waals surface area contributed by atoms with Gasteiger partial charge in [0.2, 0.25) is 11.8 Å². The van der Waals surface area contributed by atoms with Gasteiger partial charge in [0.1, 0.15) is 11.9 Å². The Morgan fingerprint density at radius 1 is 1.05 bits per heavy atom. The lowest BCUT2D eigenvalue weighted by Crippen LogP contribution is -2.59. The molecule has 5 aliphatic rings. The molecule has 0 saturated carbocycles. The molecule has 198 valence electrons. The lowest BCUT2D eigenvalue weighted by molar-refractivity contribution is -0.138. The predicted molar refractivity (Wildman–Crippen MR) is 137 cm³/mol. The molecule has 9 heteroatoms. The number of nitrogens with one attached hydrogen (secondary N) is 2. The van der Waals surface area contributed by atoms with Gasteiger partial charge in [0.15, 0.2) is 18.1 Å². The molecule has 1 fully saturated rings. The number of nitrogens with zero attached hydrogens (tertiary/aromatic N) is 1. The topological polar surface area (TPSA) is 106 Å². The second-order valence-corrected chi connectivity index (χ2v) is 9.75. The Hall–Kier alpha value is -3.75. The molecule has 0 aliphatic carbocycles. The van der Waals surface area contributed by atoms with Crippen LogP contribution in [0, 0.1) is 5.92 Å². The van der Waals surface area contributed by atoms with Crippen molar-refractivity contribution in [3.05, 3.63) is 53.6 Å². The zero-order chi connectivity index (χ0) is 26.4. The Labute approximate surface area is 217 Å². The van der Waals surface area contributed by atoms with Crippen molar-refractivity contribution in [3.63, 3.8) is 0 Å². The molecule has 0 radical (unpaired) electrons. The summed E-state index contributed by atoms with van der Waals surface area (Å²) in [5.41, 5.74) is 1.89. The van der Waals surface area contributed by atoms with Gasteiger partial charge in [-0.3, -0.25) is 14.4 Å². The van der Waals surface area contributed by atoms with Crippen molar-refractivity contribution in [2.45, 2.75) is 51.8 Å². The van der Waals surface area contributed by atoms with Gasteiger partial charge in [-0.25, -0.2) is 0 Å². The maximum Gasteiger partial charge on any atom is 0.258 e. The van der Waals surface area contributed by atoms with E-state index in [2.05, 4.69) is 10.6 Å². The Kier molecular flexibility index (Phi) is 8.53. The van der Waals surface area contributed by atoms with Gasteiger partial charge in [0.05, 0.1) is 13.2 Å². The molecule has 2 aromatic carbocycles. The van der Waals surface area contributed by atoms with Crippen LogP contribution in [0.3, 0.4) is 0 Å². The molecule has 9 nitrogen and oxygen atoms in total. The van der Waals surface area contributed by atoms with Gasteiger partial charge >= 0.3 is 0 Å². The molecular formula is C28H35N3O6. The Morgan fingerprint density at radius 2 is 1.81 bits per heavy atom. The van der Waals surface area contributed by atoms with E-state index in [-0.39, 0.29) is 36.4 Å². The standard InChI is InChI=1S/C28H35N3O6/c1-18(2)28(34)31-13-12-23-22(16-31)30-27(33)17-36-24-10-6-19(14-25(24)35-3)7-11-26(32)29-15-20-4-8-21(37-23)9-5-20/h4-6,8-10,14,18,22-23H,7,11-13,15-17H2,1-3H3,(H,29,32)(H,30,33)/t22-,23-/m1/s1. The van der Waals surface area contributed by atoms with Gasteiger partial charge in [0, 0.05) is 38.4 Å². The van der Waals surface area contributed by atoms with Crippen molar-refractivity contribution in [3.8, 4) is 17.2 Å². The van der Waals surface area contributed by atoms with E-state index in [1.54, 1.807) is 11.0 Å². The summed E-state index contributed by atoms with van der Waals surface area (Å²) >= 11 is 0. The van der Waals surface area contributed by atoms with Crippen LogP contribution >= 0.6 is 0 Å². The second kappa shape index (κ2) is 12.0. The predicted octanol–water partition coefficient (Wildman–Crippen LogP) is 2.46. The zero-order valence-corrected chi connectivity index (χ0v) is 21.6. The summed E-state index contributed by atoms with van der Waals surface area (Å²) in [5, 5.41) is 5.97. The average molecular weight is 510 g/mol. The number of hydrogen-bond donors (Lipinski definition) is 2. The van der Waals surface area contributed by atoms with Gasteiger partial charge in [-0.15, -0.1) is 0 Å². The van der Waals surface area contributed by atoms with Crippen molar-refractivity contribution in [1.29, 1.82) is 0 Å². The number of ether oxygens (including phenoxy) is 3. The minimum atomic E-state index is -0.401. The van der Waals surface area contributed by atoms with Crippen LogP contribution in [0.2, 0.25) is 0 Å². The van der Waals surface area contributed by atoms with Crippen molar-refractivity contribution in [1.82, 2.24) is 15.5 Å². The number of benzene rings is 2. The summed E-state index contributed by atoms with van der Waals surface area (Å²) in [5.74, 6) is 1.15. The molecule has 0 aromatic heterocycles. The van der Waals surface area contributed by atoms with Gasteiger partial charge in [-0.1, -0.05) is 32.0 Å². The van der Waals surface area contributed by atoms with Crippen molar-refractivity contribution in [2.75, 3.05) is 26.8 Å². The third-order valence-corrected chi connectivity index (χ3v) is 6.63. The van der Waals surface area contributed by atoms with Crippen LogP contribution in [0.5, 0.6) is 17.2 Å². The Balaban J connectivity index is 1.57. The van der Waals surface area contributed by atoms with E-state index in [0.29, 0.717) is 56.1 Å². The molecule has 3 amide bonds. The highest BCUT2D eigenvalue weighted by Gasteiger charge is 2.34. The van der Waals surface area contributed by atoms with E-state index < -0.39 is 6.04 Å². The molecule has 7 rings (SSSR count).